The zero-order valence-corrected chi connectivity index (χ0v) is 21.9. The second-order valence-corrected chi connectivity index (χ2v) is 9.90. The molecule has 5 rings (SSSR count). The fourth-order valence-electron chi connectivity index (χ4n) is 5.73. The molecule has 0 saturated carbocycles. The summed E-state index contributed by atoms with van der Waals surface area (Å²) < 4.78 is 7.09. The molecule has 1 aromatic heterocycles. The predicted molar refractivity (Wildman–Crippen MR) is 146 cm³/mol. The smallest absolute Gasteiger partial charge is 0.328 e. The molecule has 0 radical (unpaired) electrons. The van der Waals surface area contributed by atoms with E-state index < -0.39 is 11.6 Å². The van der Waals surface area contributed by atoms with Crippen LogP contribution in [-0.2, 0) is 26.3 Å². The van der Waals surface area contributed by atoms with Crippen LogP contribution in [0.15, 0.2) is 104 Å². The highest BCUT2D eigenvalue weighted by atomic mass is 16.5. The second-order valence-electron chi connectivity index (χ2n) is 9.90. The highest BCUT2D eigenvalue weighted by Crippen LogP contribution is 2.40. The van der Waals surface area contributed by atoms with E-state index in [4.69, 9.17) is 9.72 Å². The van der Waals surface area contributed by atoms with Crippen molar-refractivity contribution in [1.82, 2.24) is 14.5 Å². The van der Waals surface area contributed by atoms with Crippen LogP contribution >= 0.6 is 0 Å². The Morgan fingerprint density at radius 2 is 1.45 bits per heavy atom. The van der Waals surface area contributed by atoms with Gasteiger partial charge in [0.15, 0.2) is 0 Å². The third kappa shape index (κ3) is 4.62. The van der Waals surface area contributed by atoms with Gasteiger partial charge in [0.25, 0.3) is 0 Å². The van der Waals surface area contributed by atoms with E-state index >= 15 is 0 Å². The van der Waals surface area contributed by atoms with Gasteiger partial charge >= 0.3 is 5.97 Å². The van der Waals surface area contributed by atoms with Gasteiger partial charge in [0.1, 0.15) is 11.6 Å². The van der Waals surface area contributed by atoms with E-state index in [1.165, 1.54) is 7.11 Å². The topological polar surface area (TPSA) is 64.4 Å². The summed E-state index contributed by atoms with van der Waals surface area (Å²) in [5, 5.41) is 0. The molecule has 0 spiro atoms. The molecule has 1 aliphatic heterocycles. The Morgan fingerprint density at radius 1 is 0.921 bits per heavy atom. The van der Waals surface area contributed by atoms with Gasteiger partial charge in [-0.15, -0.1) is 0 Å². The van der Waals surface area contributed by atoms with Crippen molar-refractivity contribution in [3.8, 4) is 0 Å². The van der Waals surface area contributed by atoms with Crippen LogP contribution in [0.3, 0.4) is 0 Å². The lowest BCUT2D eigenvalue weighted by atomic mass is 9.77. The number of rotatable bonds is 8. The van der Waals surface area contributed by atoms with Crippen molar-refractivity contribution in [1.29, 1.82) is 0 Å². The SMILES string of the molecule is COC(=O)[C@@H]1CCCN1C(=O)[C@@H](C)Cc1cn(C(c2ccccc2)(c2ccccc2)c2ccccc2)cn1. The standard InChI is InChI=1S/C32H33N3O3/c1-24(30(36)35-20-12-19-29(35)31(37)38-2)21-28-22-34(23-33-28)32(25-13-6-3-7-14-25,26-15-8-4-9-16-26)27-17-10-5-11-18-27/h3-11,13-18,22-24,29H,12,19-21H2,1-2H3/t24-,29-/m0/s1. The average molecular weight is 508 g/mol. The van der Waals surface area contributed by atoms with Gasteiger partial charge in [-0.1, -0.05) is 97.9 Å². The van der Waals surface area contributed by atoms with Crippen molar-refractivity contribution in [3.63, 3.8) is 0 Å². The maximum Gasteiger partial charge on any atom is 0.328 e. The maximum atomic E-state index is 13.3. The Morgan fingerprint density at radius 3 is 1.95 bits per heavy atom. The fraction of sp³-hybridized carbons (Fsp3) is 0.281. The average Bonchev–Trinajstić information content (AvgIpc) is 3.65. The van der Waals surface area contributed by atoms with Crippen LogP contribution in [-0.4, -0.2) is 46.0 Å². The minimum absolute atomic E-state index is 0.0344. The summed E-state index contributed by atoms with van der Waals surface area (Å²) in [7, 11) is 1.37. The molecule has 2 heterocycles. The second kappa shape index (κ2) is 11.1. The van der Waals surface area contributed by atoms with Crippen molar-refractivity contribution in [3.05, 3.63) is 126 Å². The molecule has 1 fully saturated rings. The Kier molecular flexibility index (Phi) is 7.40. The zero-order valence-electron chi connectivity index (χ0n) is 21.9. The Bertz CT molecular complexity index is 1270. The summed E-state index contributed by atoms with van der Waals surface area (Å²) in [5.74, 6) is -0.693. The molecule has 0 N–H and O–H groups in total. The highest BCUT2D eigenvalue weighted by Gasteiger charge is 2.39. The van der Waals surface area contributed by atoms with Gasteiger partial charge in [0, 0.05) is 25.1 Å². The number of amides is 1. The first-order valence-electron chi connectivity index (χ1n) is 13.1. The Hall–Kier alpha value is -4.19. The lowest BCUT2D eigenvalue weighted by Gasteiger charge is -2.37. The van der Waals surface area contributed by atoms with Gasteiger partial charge in [-0.25, -0.2) is 9.78 Å². The molecule has 1 aliphatic rings. The molecule has 194 valence electrons. The number of carbonyl (C=O) groups is 2. The summed E-state index contributed by atoms with van der Waals surface area (Å²) in [4.78, 5) is 32.0. The molecule has 6 heteroatoms. The molecule has 4 aromatic rings. The van der Waals surface area contributed by atoms with Crippen LogP contribution in [0.4, 0.5) is 0 Å². The zero-order chi connectivity index (χ0) is 26.5. The molecule has 0 unspecified atom stereocenters. The molecule has 0 aliphatic carbocycles. The monoisotopic (exact) mass is 507 g/mol. The van der Waals surface area contributed by atoms with Crippen LogP contribution in [0, 0.1) is 5.92 Å². The van der Waals surface area contributed by atoms with Crippen molar-refractivity contribution < 1.29 is 14.3 Å². The van der Waals surface area contributed by atoms with Crippen LogP contribution in [0.1, 0.15) is 42.1 Å². The minimum Gasteiger partial charge on any atom is -0.467 e. The van der Waals surface area contributed by atoms with E-state index in [9.17, 15) is 9.59 Å². The quantitative estimate of drug-likeness (QED) is 0.247. The molecule has 2 atom stereocenters. The summed E-state index contributed by atoms with van der Waals surface area (Å²) in [6.07, 6.45) is 5.85. The number of esters is 1. The summed E-state index contributed by atoms with van der Waals surface area (Å²) >= 11 is 0. The van der Waals surface area contributed by atoms with Crippen LogP contribution in [0.2, 0.25) is 0 Å². The van der Waals surface area contributed by atoms with E-state index in [1.807, 2.05) is 31.5 Å². The molecular weight excluding hydrogens is 474 g/mol. The summed E-state index contributed by atoms with van der Waals surface area (Å²) in [6, 6.07) is 30.8. The van der Waals surface area contributed by atoms with Gasteiger partial charge in [-0.3, -0.25) is 4.79 Å². The molecular formula is C32H33N3O3. The number of likely N-dealkylation sites (tertiary alicyclic amines) is 1. The van der Waals surface area contributed by atoms with E-state index in [2.05, 4.69) is 83.6 Å². The van der Waals surface area contributed by atoms with Gasteiger partial charge in [0.05, 0.1) is 19.1 Å². The molecule has 6 nitrogen and oxygen atoms in total. The van der Waals surface area contributed by atoms with E-state index in [1.54, 1.807) is 4.90 Å². The Labute approximate surface area is 223 Å². The first-order valence-corrected chi connectivity index (χ1v) is 13.1. The number of benzene rings is 3. The number of nitrogens with zero attached hydrogens (tertiary/aromatic N) is 3. The molecule has 38 heavy (non-hydrogen) atoms. The molecule has 0 bridgehead atoms. The van der Waals surface area contributed by atoms with Crippen LogP contribution in [0.25, 0.3) is 0 Å². The van der Waals surface area contributed by atoms with Crippen molar-refractivity contribution >= 4 is 11.9 Å². The van der Waals surface area contributed by atoms with Crippen molar-refractivity contribution in [2.24, 2.45) is 5.92 Å². The van der Waals surface area contributed by atoms with E-state index in [0.29, 0.717) is 19.4 Å². The number of hydrogen-bond donors (Lipinski definition) is 0. The first kappa shape index (κ1) is 25.5. The third-order valence-corrected chi connectivity index (χ3v) is 7.54. The summed E-state index contributed by atoms with van der Waals surface area (Å²) in [5.41, 5.74) is 3.52. The molecule has 3 aromatic carbocycles. The number of ether oxygens (including phenoxy) is 1. The molecule has 1 amide bonds. The summed E-state index contributed by atoms with van der Waals surface area (Å²) in [6.45, 7) is 2.49. The largest absolute Gasteiger partial charge is 0.467 e. The van der Waals surface area contributed by atoms with Gasteiger partial charge in [-0.05, 0) is 29.5 Å². The normalized spacial score (nSPS) is 16.3. The van der Waals surface area contributed by atoms with Gasteiger partial charge < -0.3 is 14.2 Å². The number of hydrogen-bond acceptors (Lipinski definition) is 4. The Balaban J connectivity index is 1.52. The lowest BCUT2D eigenvalue weighted by Crippen LogP contribution is -2.43. The number of aromatic nitrogens is 2. The van der Waals surface area contributed by atoms with Crippen LogP contribution in [0.5, 0.6) is 0 Å². The van der Waals surface area contributed by atoms with Crippen molar-refractivity contribution in [2.45, 2.75) is 37.8 Å². The molecule has 1 saturated heterocycles. The van der Waals surface area contributed by atoms with E-state index in [0.717, 1.165) is 28.8 Å². The van der Waals surface area contributed by atoms with Gasteiger partial charge in [0.2, 0.25) is 5.91 Å². The number of carbonyl (C=O) groups excluding carboxylic acids is 2. The van der Waals surface area contributed by atoms with Crippen LogP contribution < -0.4 is 0 Å². The first-order chi connectivity index (χ1) is 18.6. The highest BCUT2D eigenvalue weighted by molar-refractivity contribution is 5.86. The number of imidazole rings is 1. The minimum atomic E-state index is -0.646. The fourth-order valence-corrected chi connectivity index (χ4v) is 5.73. The van der Waals surface area contributed by atoms with E-state index in [-0.39, 0.29) is 17.8 Å². The van der Waals surface area contributed by atoms with Gasteiger partial charge in [-0.2, -0.15) is 0 Å². The number of methoxy groups -OCH3 is 1. The third-order valence-electron chi connectivity index (χ3n) is 7.54. The lowest BCUT2D eigenvalue weighted by molar-refractivity contribution is -0.152. The van der Waals surface area contributed by atoms with Crippen molar-refractivity contribution in [2.75, 3.05) is 13.7 Å². The maximum absolute atomic E-state index is 13.3. The predicted octanol–water partition coefficient (Wildman–Crippen LogP) is 5.07.